The Morgan fingerprint density at radius 3 is 1.98 bits per heavy atom. The third-order valence-electron chi connectivity index (χ3n) is 5.64. The van der Waals surface area contributed by atoms with Gasteiger partial charge in [0.1, 0.15) is 5.25 Å². The van der Waals surface area contributed by atoms with Crippen molar-refractivity contribution >= 4 is 70.1 Å². The molecule has 0 spiro atoms. The van der Waals surface area contributed by atoms with Crippen LogP contribution in [0.1, 0.15) is 41.9 Å². The number of anilines is 2. The monoisotopic (exact) mass is 594 g/mol. The van der Waals surface area contributed by atoms with Gasteiger partial charge in [-0.3, -0.25) is 9.59 Å². The molecule has 40 heavy (non-hydrogen) atoms. The molecule has 0 aliphatic rings. The van der Waals surface area contributed by atoms with Crippen LogP contribution < -0.4 is 10.6 Å². The van der Waals surface area contributed by atoms with Crippen LogP contribution in [0.15, 0.2) is 95.9 Å². The van der Waals surface area contributed by atoms with Crippen molar-refractivity contribution in [1.82, 2.24) is 0 Å². The number of benzene rings is 4. The molecule has 1 atom stereocenters. The van der Waals surface area contributed by atoms with Crippen LogP contribution in [0.3, 0.4) is 0 Å². The predicted molar refractivity (Wildman–Crippen MR) is 155 cm³/mol. The second kappa shape index (κ2) is 12.7. The Bertz CT molecular complexity index is 1600. The number of carbonyl (C=O) groups is 4. The summed E-state index contributed by atoms with van der Waals surface area (Å²) in [6.45, 7) is 0. The van der Waals surface area contributed by atoms with Gasteiger partial charge in [-0.1, -0.05) is 53.5 Å². The van der Waals surface area contributed by atoms with E-state index in [4.69, 9.17) is 28.3 Å². The quantitative estimate of drug-likeness (QED) is 0.152. The Morgan fingerprint density at radius 1 is 0.675 bits per heavy atom. The summed E-state index contributed by atoms with van der Waals surface area (Å²) in [5.74, 6) is -3.72. The van der Waals surface area contributed by atoms with E-state index < -0.39 is 28.7 Å². The van der Waals surface area contributed by atoms with E-state index in [1.54, 1.807) is 42.5 Å². The van der Waals surface area contributed by atoms with E-state index in [0.717, 1.165) is 28.7 Å². The minimum absolute atomic E-state index is 0.181. The Hall–Kier alpha value is -4.31. The molecule has 2 amide bonds. The van der Waals surface area contributed by atoms with Crippen molar-refractivity contribution in [3.05, 3.63) is 123 Å². The van der Waals surface area contributed by atoms with E-state index in [1.807, 2.05) is 30.3 Å². The summed E-state index contributed by atoms with van der Waals surface area (Å²) in [6.07, 6.45) is 0. The maximum absolute atomic E-state index is 13.3. The summed E-state index contributed by atoms with van der Waals surface area (Å²) in [5, 5.41) is 24.1. The summed E-state index contributed by atoms with van der Waals surface area (Å²) in [4.78, 5) is 49.6. The molecule has 4 rings (SSSR count). The summed E-state index contributed by atoms with van der Waals surface area (Å²) >= 11 is 13.4. The molecule has 0 aliphatic heterocycles. The van der Waals surface area contributed by atoms with E-state index >= 15 is 0 Å². The minimum Gasteiger partial charge on any atom is -0.478 e. The smallest absolute Gasteiger partial charge is 0.336 e. The standard InChI is InChI=1S/C29H20Cl2N2O6S/c30-23-13-9-19(15-24(23)31)33-27(35)25(16-4-2-1-3-5-16)40-20-10-7-18(8-11-20)32-26(34)21-12-6-17(28(36)37)14-22(21)29(38)39/h1-15,25H,(H,32,34)(H,33,35)(H,36,37)(H,38,39). The molecule has 4 N–H and O–H groups in total. The van der Waals surface area contributed by atoms with Gasteiger partial charge in [0.05, 0.1) is 26.7 Å². The van der Waals surface area contributed by atoms with E-state index in [2.05, 4.69) is 10.6 Å². The average Bonchev–Trinajstić information content (AvgIpc) is 2.94. The van der Waals surface area contributed by atoms with Crippen molar-refractivity contribution in [3.8, 4) is 0 Å². The topological polar surface area (TPSA) is 133 Å². The molecule has 0 saturated carbocycles. The highest BCUT2D eigenvalue weighted by Crippen LogP contribution is 2.37. The molecule has 0 aliphatic carbocycles. The van der Waals surface area contributed by atoms with Gasteiger partial charge in [0.25, 0.3) is 5.91 Å². The normalized spacial score (nSPS) is 11.3. The van der Waals surface area contributed by atoms with Crippen LogP contribution in [0.25, 0.3) is 0 Å². The number of thioether (sulfide) groups is 1. The van der Waals surface area contributed by atoms with Crippen LogP contribution in [0, 0.1) is 0 Å². The number of halogens is 2. The molecular formula is C29H20Cl2N2O6S. The number of carbonyl (C=O) groups excluding carboxylic acids is 2. The van der Waals surface area contributed by atoms with Gasteiger partial charge in [-0.25, -0.2) is 9.59 Å². The Morgan fingerprint density at radius 2 is 1.35 bits per heavy atom. The summed E-state index contributed by atoms with van der Waals surface area (Å²) in [6, 6.07) is 23.9. The lowest BCUT2D eigenvalue weighted by molar-refractivity contribution is -0.115. The van der Waals surface area contributed by atoms with E-state index in [9.17, 15) is 24.3 Å². The fraction of sp³-hybridized carbons (Fsp3) is 0.0345. The molecule has 0 aromatic heterocycles. The maximum atomic E-state index is 13.3. The first kappa shape index (κ1) is 28.7. The van der Waals surface area contributed by atoms with Gasteiger partial charge in [0.2, 0.25) is 5.91 Å². The molecule has 0 bridgehead atoms. The van der Waals surface area contributed by atoms with Crippen LogP contribution in [0.4, 0.5) is 11.4 Å². The van der Waals surface area contributed by atoms with Crippen LogP contribution in [-0.2, 0) is 4.79 Å². The van der Waals surface area contributed by atoms with Gasteiger partial charge < -0.3 is 20.8 Å². The number of hydrogen-bond donors (Lipinski definition) is 4. The molecule has 4 aromatic carbocycles. The number of aromatic carboxylic acids is 2. The van der Waals surface area contributed by atoms with Crippen molar-refractivity contribution < 1.29 is 29.4 Å². The molecule has 1 unspecified atom stereocenters. The Labute approximate surface area is 242 Å². The number of rotatable bonds is 9. The fourth-order valence-corrected chi connectivity index (χ4v) is 5.01. The van der Waals surface area contributed by atoms with Gasteiger partial charge in [-0.15, -0.1) is 11.8 Å². The number of carboxylic acid groups (broad SMARTS) is 2. The van der Waals surface area contributed by atoms with Gasteiger partial charge in [0, 0.05) is 16.3 Å². The lowest BCUT2D eigenvalue weighted by atomic mass is 10.0. The van der Waals surface area contributed by atoms with Gasteiger partial charge >= 0.3 is 11.9 Å². The second-order valence-corrected chi connectivity index (χ2v) is 10.4. The highest BCUT2D eigenvalue weighted by Gasteiger charge is 2.23. The molecule has 4 aromatic rings. The lowest BCUT2D eigenvalue weighted by Crippen LogP contribution is -2.19. The number of nitrogens with one attached hydrogen (secondary N) is 2. The highest BCUT2D eigenvalue weighted by atomic mass is 35.5. The largest absolute Gasteiger partial charge is 0.478 e. The zero-order chi connectivity index (χ0) is 28.8. The molecule has 0 heterocycles. The molecule has 8 nitrogen and oxygen atoms in total. The maximum Gasteiger partial charge on any atom is 0.336 e. The van der Waals surface area contributed by atoms with Crippen LogP contribution in [-0.4, -0.2) is 34.0 Å². The van der Waals surface area contributed by atoms with Crippen molar-refractivity contribution in [2.24, 2.45) is 0 Å². The molecule has 0 saturated heterocycles. The lowest BCUT2D eigenvalue weighted by Gasteiger charge is -2.18. The van der Waals surface area contributed by atoms with E-state index in [0.29, 0.717) is 21.4 Å². The molecule has 11 heteroatoms. The summed E-state index contributed by atoms with van der Waals surface area (Å²) < 4.78 is 0. The first-order valence-electron chi connectivity index (χ1n) is 11.6. The van der Waals surface area contributed by atoms with E-state index in [-0.39, 0.29) is 17.0 Å². The third-order valence-corrected chi connectivity index (χ3v) is 7.64. The second-order valence-electron chi connectivity index (χ2n) is 8.38. The number of carboxylic acids is 2. The molecule has 0 fully saturated rings. The highest BCUT2D eigenvalue weighted by molar-refractivity contribution is 8.00. The third kappa shape index (κ3) is 7.01. The molecule has 202 valence electrons. The minimum atomic E-state index is -1.42. The van der Waals surface area contributed by atoms with Crippen LogP contribution >= 0.6 is 35.0 Å². The SMILES string of the molecule is O=C(O)c1ccc(C(=O)Nc2ccc(SC(C(=O)Nc3ccc(Cl)c(Cl)c3)c3ccccc3)cc2)c(C(=O)O)c1. The molecular weight excluding hydrogens is 575 g/mol. The van der Waals surface area contributed by atoms with Gasteiger partial charge in [-0.2, -0.15) is 0 Å². The first-order chi connectivity index (χ1) is 19.1. The zero-order valence-electron chi connectivity index (χ0n) is 20.4. The van der Waals surface area contributed by atoms with E-state index in [1.165, 1.54) is 11.8 Å². The number of amides is 2. The van der Waals surface area contributed by atoms with Crippen molar-refractivity contribution in [1.29, 1.82) is 0 Å². The summed E-state index contributed by atoms with van der Waals surface area (Å²) in [7, 11) is 0. The Balaban J connectivity index is 1.51. The van der Waals surface area contributed by atoms with Crippen LogP contribution in [0.2, 0.25) is 10.0 Å². The van der Waals surface area contributed by atoms with Crippen LogP contribution in [0.5, 0.6) is 0 Å². The van der Waals surface area contributed by atoms with Gasteiger partial charge in [0.15, 0.2) is 0 Å². The number of hydrogen-bond acceptors (Lipinski definition) is 5. The first-order valence-corrected chi connectivity index (χ1v) is 13.3. The Kier molecular flexibility index (Phi) is 9.11. The van der Waals surface area contributed by atoms with Crippen molar-refractivity contribution in [2.75, 3.05) is 10.6 Å². The summed E-state index contributed by atoms with van der Waals surface area (Å²) in [5.41, 5.74) is 0.794. The predicted octanol–water partition coefficient (Wildman–Crippen LogP) is 7.11. The zero-order valence-corrected chi connectivity index (χ0v) is 22.8. The fourth-order valence-electron chi connectivity index (χ4n) is 3.69. The molecule has 0 radical (unpaired) electrons. The average molecular weight is 595 g/mol. The van der Waals surface area contributed by atoms with Gasteiger partial charge in [-0.05, 0) is 66.2 Å². The van der Waals surface area contributed by atoms with Crippen molar-refractivity contribution in [2.45, 2.75) is 10.1 Å². The van der Waals surface area contributed by atoms with Crippen molar-refractivity contribution in [3.63, 3.8) is 0 Å².